The van der Waals surface area contributed by atoms with Crippen LogP contribution in [0.2, 0.25) is 0 Å². The molecule has 0 radical (unpaired) electrons. The fourth-order valence-corrected chi connectivity index (χ4v) is 1.66. The Morgan fingerprint density at radius 1 is 1.21 bits per heavy atom. The van der Waals surface area contributed by atoms with Crippen LogP contribution in [-0.2, 0) is 6.54 Å². The second-order valence-electron chi connectivity index (χ2n) is 4.14. The predicted molar refractivity (Wildman–Crippen MR) is 73.1 cm³/mol. The van der Waals surface area contributed by atoms with Gasteiger partial charge in [-0.25, -0.2) is 9.98 Å². The molecule has 0 aliphatic carbocycles. The number of aliphatic imine (C=N–C) groups is 2. The van der Waals surface area contributed by atoms with E-state index in [1.807, 2.05) is 6.92 Å². The van der Waals surface area contributed by atoms with Crippen molar-refractivity contribution in [1.82, 2.24) is 16.0 Å². The van der Waals surface area contributed by atoms with Crippen LogP contribution in [0.1, 0.15) is 12.5 Å². The molecule has 2 rings (SSSR count). The molecule has 0 spiro atoms. The average Bonchev–Trinajstić information content (AvgIpc) is 2.39. The van der Waals surface area contributed by atoms with Crippen LogP contribution >= 0.6 is 0 Å². The highest BCUT2D eigenvalue weighted by Crippen LogP contribution is 2.24. The van der Waals surface area contributed by atoms with Crippen molar-refractivity contribution in [2.45, 2.75) is 19.6 Å². The summed E-state index contributed by atoms with van der Waals surface area (Å²) in [7, 11) is 1.78. The fraction of sp³-hybridized carbons (Fsp3) is 0.333. The van der Waals surface area contributed by atoms with Crippen LogP contribution in [0.15, 0.2) is 28.2 Å². The molecule has 102 valence electrons. The van der Waals surface area contributed by atoms with Crippen molar-refractivity contribution in [3.05, 3.63) is 23.8 Å². The van der Waals surface area contributed by atoms with Crippen LogP contribution in [0.5, 0.6) is 11.5 Å². The summed E-state index contributed by atoms with van der Waals surface area (Å²) in [4.78, 5) is 8.52. The van der Waals surface area contributed by atoms with E-state index < -0.39 is 0 Å². The summed E-state index contributed by atoms with van der Waals surface area (Å²) in [5, 5.41) is 27.7. The minimum absolute atomic E-state index is 0.130. The predicted octanol–water partition coefficient (Wildman–Crippen LogP) is 0.0680. The van der Waals surface area contributed by atoms with Gasteiger partial charge in [-0.15, -0.1) is 0 Å². The summed E-state index contributed by atoms with van der Waals surface area (Å²) in [6.07, 6.45) is -0.153. The first kappa shape index (κ1) is 13.0. The van der Waals surface area contributed by atoms with Crippen LogP contribution in [0.25, 0.3) is 0 Å². The number of rotatable bonds is 2. The van der Waals surface area contributed by atoms with Crippen LogP contribution < -0.4 is 16.0 Å². The summed E-state index contributed by atoms with van der Waals surface area (Å²) >= 11 is 0. The van der Waals surface area contributed by atoms with Crippen LogP contribution in [0.3, 0.4) is 0 Å². The molecular weight excluding hydrogens is 246 g/mol. The van der Waals surface area contributed by atoms with Crippen molar-refractivity contribution < 1.29 is 10.2 Å². The van der Waals surface area contributed by atoms with Crippen molar-refractivity contribution in [2.24, 2.45) is 9.98 Å². The largest absolute Gasteiger partial charge is 0.504 e. The van der Waals surface area contributed by atoms with Gasteiger partial charge in [0.05, 0.1) is 0 Å². The number of guanidine groups is 2. The van der Waals surface area contributed by atoms with Crippen molar-refractivity contribution in [3.63, 3.8) is 0 Å². The van der Waals surface area contributed by atoms with Gasteiger partial charge < -0.3 is 20.8 Å². The third-order valence-electron chi connectivity index (χ3n) is 2.61. The number of nitrogens with one attached hydrogen (secondary N) is 3. The van der Waals surface area contributed by atoms with Crippen LogP contribution in [-0.4, -0.2) is 35.3 Å². The molecule has 1 heterocycles. The van der Waals surface area contributed by atoms with E-state index in [-0.39, 0.29) is 17.7 Å². The van der Waals surface area contributed by atoms with E-state index in [1.54, 1.807) is 13.1 Å². The van der Waals surface area contributed by atoms with Gasteiger partial charge in [-0.3, -0.25) is 5.32 Å². The third kappa shape index (κ3) is 3.27. The number of phenols is 2. The summed E-state index contributed by atoms with van der Waals surface area (Å²) in [5.74, 6) is 0.997. The Balaban J connectivity index is 1.97. The van der Waals surface area contributed by atoms with Gasteiger partial charge in [0.25, 0.3) is 0 Å². The lowest BCUT2D eigenvalue weighted by molar-refractivity contribution is 0.403. The van der Waals surface area contributed by atoms with Gasteiger partial charge in [-0.2, -0.15) is 0 Å². The second kappa shape index (κ2) is 5.47. The first-order valence-electron chi connectivity index (χ1n) is 5.93. The molecule has 1 aromatic carbocycles. The minimum atomic E-state index is -0.153. The van der Waals surface area contributed by atoms with Gasteiger partial charge in [0.1, 0.15) is 6.17 Å². The molecule has 1 atom stereocenters. The topological polar surface area (TPSA) is 101 Å². The zero-order valence-electron chi connectivity index (χ0n) is 10.8. The molecule has 0 aromatic heterocycles. The zero-order chi connectivity index (χ0) is 13.8. The molecule has 1 aliphatic rings. The maximum atomic E-state index is 9.41. The molecule has 1 unspecified atom stereocenters. The van der Waals surface area contributed by atoms with Crippen molar-refractivity contribution in [2.75, 3.05) is 7.05 Å². The van der Waals surface area contributed by atoms with Crippen LogP contribution in [0.4, 0.5) is 0 Å². The molecule has 0 saturated heterocycles. The van der Waals surface area contributed by atoms with Crippen molar-refractivity contribution >= 4 is 11.9 Å². The zero-order valence-corrected chi connectivity index (χ0v) is 10.8. The minimum Gasteiger partial charge on any atom is -0.504 e. The van der Waals surface area contributed by atoms with Gasteiger partial charge in [0, 0.05) is 13.6 Å². The molecular formula is C12H17N5O2. The Labute approximate surface area is 111 Å². The molecule has 19 heavy (non-hydrogen) atoms. The Morgan fingerprint density at radius 3 is 2.63 bits per heavy atom. The quantitative estimate of drug-likeness (QED) is 0.486. The van der Waals surface area contributed by atoms with Crippen molar-refractivity contribution in [3.8, 4) is 11.5 Å². The number of hydrogen-bond acceptors (Lipinski definition) is 7. The lowest BCUT2D eigenvalue weighted by Gasteiger charge is -2.19. The first-order chi connectivity index (χ1) is 9.08. The molecule has 7 nitrogen and oxygen atoms in total. The van der Waals surface area contributed by atoms with Gasteiger partial charge in [-0.05, 0) is 24.6 Å². The molecule has 1 aliphatic heterocycles. The number of benzene rings is 1. The number of hydrogen-bond donors (Lipinski definition) is 5. The van der Waals surface area contributed by atoms with E-state index >= 15 is 0 Å². The Kier molecular flexibility index (Phi) is 3.74. The summed E-state index contributed by atoms with van der Waals surface area (Å²) in [6.45, 7) is 2.36. The highest BCUT2D eigenvalue weighted by Gasteiger charge is 2.11. The maximum Gasteiger partial charge on any atom is 0.200 e. The van der Waals surface area contributed by atoms with Gasteiger partial charge in [0.2, 0.25) is 5.96 Å². The number of aromatic hydroxyl groups is 2. The van der Waals surface area contributed by atoms with Gasteiger partial charge in [-0.1, -0.05) is 6.07 Å². The third-order valence-corrected chi connectivity index (χ3v) is 2.61. The molecule has 5 N–H and O–H groups in total. The lowest BCUT2D eigenvalue weighted by atomic mass is 10.2. The molecule has 0 amide bonds. The lowest BCUT2D eigenvalue weighted by Crippen LogP contribution is -2.48. The highest BCUT2D eigenvalue weighted by molar-refractivity contribution is 5.99. The Bertz CT molecular complexity index is 527. The normalized spacial score (nSPS) is 18.1. The van der Waals surface area contributed by atoms with Gasteiger partial charge >= 0.3 is 0 Å². The molecule has 0 saturated carbocycles. The van der Waals surface area contributed by atoms with E-state index in [4.69, 9.17) is 0 Å². The summed E-state index contributed by atoms with van der Waals surface area (Å²) in [5.41, 5.74) is 0.834. The summed E-state index contributed by atoms with van der Waals surface area (Å²) < 4.78 is 0. The number of phenolic OH excluding ortho intramolecular Hbond substituents is 2. The SMILES string of the molecule is CNC1=NC(C)N=C(NCc2ccc(O)c(O)c2)N1. The maximum absolute atomic E-state index is 9.41. The highest BCUT2D eigenvalue weighted by atomic mass is 16.3. The molecule has 7 heteroatoms. The molecule has 0 fully saturated rings. The molecule has 1 aromatic rings. The standard InChI is InChI=1S/C12H17N5O2/c1-7-15-11(13-2)17-12(16-7)14-6-8-3-4-9(18)10(19)5-8/h3-5,7,18-19H,6H2,1-2H3,(H3,13,14,15,16,17). The van der Waals surface area contributed by atoms with E-state index in [0.717, 1.165) is 5.56 Å². The summed E-state index contributed by atoms with van der Waals surface area (Å²) in [6, 6.07) is 4.68. The fourth-order valence-electron chi connectivity index (χ4n) is 1.66. The van der Waals surface area contributed by atoms with E-state index in [9.17, 15) is 10.2 Å². The van der Waals surface area contributed by atoms with E-state index in [0.29, 0.717) is 18.5 Å². The average molecular weight is 263 g/mol. The first-order valence-corrected chi connectivity index (χ1v) is 5.93. The van der Waals surface area contributed by atoms with E-state index in [1.165, 1.54) is 12.1 Å². The van der Waals surface area contributed by atoms with Crippen molar-refractivity contribution in [1.29, 1.82) is 0 Å². The second-order valence-corrected chi connectivity index (χ2v) is 4.14. The Hall–Kier alpha value is -2.44. The smallest absolute Gasteiger partial charge is 0.200 e. The molecule has 0 bridgehead atoms. The van der Waals surface area contributed by atoms with E-state index in [2.05, 4.69) is 25.9 Å². The monoisotopic (exact) mass is 263 g/mol. The number of nitrogens with zero attached hydrogens (tertiary/aromatic N) is 2. The van der Waals surface area contributed by atoms with Crippen LogP contribution in [0, 0.1) is 0 Å². The Morgan fingerprint density at radius 2 is 1.95 bits per heavy atom. The van der Waals surface area contributed by atoms with Gasteiger partial charge in [0.15, 0.2) is 17.5 Å².